The van der Waals surface area contributed by atoms with Crippen LogP contribution < -0.4 is 11.3 Å². The van der Waals surface area contributed by atoms with Crippen LogP contribution >= 0.6 is 23.2 Å². The Morgan fingerprint density at radius 3 is 2.58 bits per heavy atom. The average Bonchev–Trinajstić information content (AvgIpc) is 2.39. The lowest BCUT2D eigenvalue weighted by molar-refractivity contribution is 0.973. The van der Waals surface area contributed by atoms with Crippen LogP contribution in [-0.2, 0) is 6.42 Å². The fourth-order valence-electron chi connectivity index (χ4n) is 1.84. The van der Waals surface area contributed by atoms with Gasteiger partial charge in [-0.25, -0.2) is 15.8 Å². The minimum absolute atomic E-state index is 0.515. The minimum Gasteiger partial charge on any atom is -0.308 e. The van der Waals surface area contributed by atoms with Crippen LogP contribution in [0.3, 0.4) is 0 Å². The second-order valence-corrected chi connectivity index (χ2v) is 4.93. The molecule has 0 aliphatic heterocycles. The van der Waals surface area contributed by atoms with Gasteiger partial charge in [-0.2, -0.15) is 0 Å². The van der Waals surface area contributed by atoms with E-state index in [4.69, 9.17) is 29.0 Å². The maximum Gasteiger partial charge on any atom is 0.163 e. The molecule has 1 aromatic heterocycles. The Labute approximate surface area is 121 Å². The normalized spacial score (nSPS) is 10.6. The lowest BCUT2D eigenvalue weighted by Gasteiger charge is -2.11. The number of nitrogens with two attached hydrogens (primary N) is 1. The third-order valence-corrected chi connectivity index (χ3v) is 3.44. The molecule has 2 rings (SSSR count). The van der Waals surface area contributed by atoms with Crippen molar-refractivity contribution in [3.63, 3.8) is 0 Å². The van der Waals surface area contributed by atoms with Gasteiger partial charge in [-0.15, -0.1) is 0 Å². The van der Waals surface area contributed by atoms with Gasteiger partial charge in [0.15, 0.2) is 5.82 Å². The number of hydrogen-bond acceptors (Lipinski definition) is 4. The molecule has 6 heteroatoms. The van der Waals surface area contributed by atoms with Crippen molar-refractivity contribution in [1.82, 2.24) is 9.97 Å². The van der Waals surface area contributed by atoms with Crippen molar-refractivity contribution in [3.8, 4) is 11.4 Å². The van der Waals surface area contributed by atoms with E-state index >= 15 is 0 Å². The number of benzene rings is 1. The van der Waals surface area contributed by atoms with E-state index in [0.29, 0.717) is 21.7 Å². The van der Waals surface area contributed by atoms with Crippen molar-refractivity contribution in [1.29, 1.82) is 0 Å². The molecule has 0 saturated heterocycles. The Morgan fingerprint density at radius 2 is 2.00 bits per heavy atom. The monoisotopic (exact) mass is 296 g/mol. The summed E-state index contributed by atoms with van der Waals surface area (Å²) >= 11 is 12.1. The zero-order valence-corrected chi connectivity index (χ0v) is 12.2. The largest absolute Gasteiger partial charge is 0.308 e. The van der Waals surface area contributed by atoms with Crippen LogP contribution in [0.1, 0.15) is 18.2 Å². The summed E-state index contributed by atoms with van der Waals surface area (Å²) in [6.45, 7) is 3.96. The summed E-state index contributed by atoms with van der Waals surface area (Å²) in [6, 6.07) is 5.23. The number of halogens is 2. The third kappa shape index (κ3) is 2.81. The lowest BCUT2D eigenvalue weighted by atomic mass is 10.1. The van der Waals surface area contributed by atoms with Crippen LogP contribution in [0.4, 0.5) is 5.82 Å². The van der Waals surface area contributed by atoms with Crippen molar-refractivity contribution >= 4 is 29.0 Å². The van der Waals surface area contributed by atoms with Gasteiger partial charge in [-0.1, -0.05) is 30.1 Å². The van der Waals surface area contributed by atoms with Crippen molar-refractivity contribution in [3.05, 3.63) is 39.5 Å². The maximum absolute atomic E-state index is 6.18. The van der Waals surface area contributed by atoms with E-state index in [2.05, 4.69) is 15.4 Å². The van der Waals surface area contributed by atoms with Gasteiger partial charge in [-0.05, 0) is 31.5 Å². The standard InChI is InChI=1S/C13H14Cl2N4/c1-3-11-7(2)12(19-16)18-13(17-11)9-5-4-8(14)6-10(9)15/h4-6H,3,16H2,1-2H3,(H,17,18,19). The first-order chi connectivity index (χ1) is 9.06. The smallest absolute Gasteiger partial charge is 0.163 e. The van der Waals surface area contributed by atoms with Crippen molar-refractivity contribution in [2.24, 2.45) is 5.84 Å². The predicted octanol–water partition coefficient (Wildman–Crippen LogP) is 3.61. The maximum atomic E-state index is 6.18. The average molecular weight is 297 g/mol. The van der Waals surface area contributed by atoms with Gasteiger partial charge in [0.25, 0.3) is 0 Å². The Kier molecular flexibility index (Phi) is 4.24. The van der Waals surface area contributed by atoms with E-state index in [-0.39, 0.29) is 0 Å². The number of aromatic nitrogens is 2. The molecule has 3 N–H and O–H groups in total. The van der Waals surface area contributed by atoms with Gasteiger partial charge < -0.3 is 5.43 Å². The van der Waals surface area contributed by atoms with Crippen molar-refractivity contribution in [2.75, 3.05) is 5.43 Å². The second-order valence-electron chi connectivity index (χ2n) is 4.09. The molecule has 0 unspecified atom stereocenters. The number of aryl methyl sites for hydroxylation is 1. The molecule has 0 radical (unpaired) electrons. The Morgan fingerprint density at radius 1 is 1.26 bits per heavy atom. The molecule has 1 aromatic carbocycles. The molecule has 0 amide bonds. The highest BCUT2D eigenvalue weighted by Crippen LogP contribution is 2.30. The fourth-order valence-corrected chi connectivity index (χ4v) is 2.33. The van der Waals surface area contributed by atoms with Crippen LogP contribution in [0, 0.1) is 6.92 Å². The van der Waals surface area contributed by atoms with E-state index < -0.39 is 0 Å². The zero-order chi connectivity index (χ0) is 14.0. The highest BCUT2D eigenvalue weighted by molar-refractivity contribution is 6.36. The Balaban J connectivity index is 2.62. The van der Waals surface area contributed by atoms with Crippen LogP contribution in [0.5, 0.6) is 0 Å². The molecule has 0 spiro atoms. The minimum atomic E-state index is 0.515. The van der Waals surface area contributed by atoms with Gasteiger partial charge in [0, 0.05) is 21.8 Å². The van der Waals surface area contributed by atoms with Crippen molar-refractivity contribution < 1.29 is 0 Å². The molecule has 2 aromatic rings. The van der Waals surface area contributed by atoms with Gasteiger partial charge >= 0.3 is 0 Å². The summed E-state index contributed by atoms with van der Waals surface area (Å²) in [5.41, 5.74) is 5.20. The first kappa shape index (κ1) is 14.1. The number of nitrogens with zero attached hydrogens (tertiary/aromatic N) is 2. The molecular weight excluding hydrogens is 283 g/mol. The summed E-state index contributed by atoms with van der Waals surface area (Å²) in [7, 11) is 0. The number of nitrogen functional groups attached to an aromatic ring is 1. The molecule has 100 valence electrons. The van der Waals surface area contributed by atoms with Crippen LogP contribution in [0.15, 0.2) is 18.2 Å². The third-order valence-electron chi connectivity index (χ3n) is 2.89. The number of rotatable bonds is 3. The highest BCUT2D eigenvalue weighted by Gasteiger charge is 2.13. The lowest BCUT2D eigenvalue weighted by Crippen LogP contribution is -2.13. The topological polar surface area (TPSA) is 63.8 Å². The molecule has 1 heterocycles. The molecule has 0 bridgehead atoms. The van der Waals surface area contributed by atoms with E-state index in [1.54, 1.807) is 18.2 Å². The van der Waals surface area contributed by atoms with Gasteiger partial charge in [-0.3, -0.25) is 0 Å². The van der Waals surface area contributed by atoms with E-state index in [0.717, 1.165) is 23.2 Å². The van der Waals surface area contributed by atoms with Crippen LogP contribution in [0.2, 0.25) is 10.0 Å². The molecule has 0 aliphatic rings. The van der Waals surface area contributed by atoms with E-state index in [9.17, 15) is 0 Å². The summed E-state index contributed by atoms with van der Waals surface area (Å²) < 4.78 is 0. The first-order valence-corrected chi connectivity index (χ1v) is 6.62. The molecule has 0 atom stereocenters. The molecule has 0 fully saturated rings. The highest BCUT2D eigenvalue weighted by atomic mass is 35.5. The molecule has 0 aliphatic carbocycles. The predicted molar refractivity (Wildman–Crippen MR) is 79.4 cm³/mol. The van der Waals surface area contributed by atoms with Crippen LogP contribution in [-0.4, -0.2) is 9.97 Å². The molecule has 4 nitrogen and oxygen atoms in total. The SMILES string of the molecule is CCc1nc(-c2ccc(Cl)cc2Cl)nc(NN)c1C. The number of nitrogens with one attached hydrogen (secondary N) is 1. The van der Waals surface area contributed by atoms with Gasteiger partial charge in [0.2, 0.25) is 0 Å². The number of hydrazine groups is 1. The Bertz CT molecular complexity index is 589. The fraction of sp³-hybridized carbons (Fsp3) is 0.231. The number of hydrogen-bond donors (Lipinski definition) is 2. The van der Waals surface area contributed by atoms with E-state index in [1.807, 2.05) is 13.8 Å². The van der Waals surface area contributed by atoms with E-state index in [1.165, 1.54) is 0 Å². The molecular formula is C13H14Cl2N4. The molecule has 19 heavy (non-hydrogen) atoms. The summed E-state index contributed by atoms with van der Waals surface area (Å²) in [6.07, 6.45) is 0.793. The summed E-state index contributed by atoms with van der Waals surface area (Å²) in [4.78, 5) is 8.91. The first-order valence-electron chi connectivity index (χ1n) is 5.86. The summed E-state index contributed by atoms with van der Waals surface area (Å²) in [5, 5.41) is 1.09. The van der Waals surface area contributed by atoms with Gasteiger partial charge in [0.1, 0.15) is 5.82 Å². The van der Waals surface area contributed by atoms with Gasteiger partial charge in [0.05, 0.1) is 5.02 Å². The van der Waals surface area contributed by atoms with Crippen molar-refractivity contribution in [2.45, 2.75) is 20.3 Å². The zero-order valence-electron chi connectivity index (χ0n) is 10.7. The van der Waals surface area contributed by atoms with Crippen LogP contribution in [0.25, 0.3) is 11.4 Å². The summed E-state index contributed by atoms with van der Waals surface area (Å²) in [5.74, 6) is 6.63. The Hall–Kier alpha value is -1.36. The quantitative estimate of drug-likeness (QED) is 0.671. The number of anilines is 1. The second kappa shape index (κ2) is 5.74. The molecule has 0 saturated carbocycles.